The third-order valence-electron chi connectivity index (χ3n) is 2.63. The zero-order valence-electron chi connectivity index (χ0n) is 10.7. The van der Waals surface area contributed by atoms with Gasteiger partial charge in [0.15, 0.2) is 5.82 Å². The van der Waals surface area contributed by atoms with Crippen LogP contribution < -0.4 is 4.74 Å². The van der Waals surface area contributed by atoms with E-state index in [1.165, 1.54) is 18.5 Å². The summed E-state index contributed by atoms with van der Waals surface area (Å²) < 4.78 is 20.4. The number of hydrogen-bond donors (Lipinski definition) is 0. The molecule has 5 heteroatoms. The fourth-order valence-corrected chi connectivity index (χ4v) is 1.73. The van der Waals surface area contributed by atoms with E-state index in [9.17, 15) is 4.39 Å². The Bertz CT molecular complexity index is 537. The number of aromatic nitrogens is 3. The highest BCUT2D eigenvalue weighted by Crippen LogP contribution is 2.19. The van der Waals surface area contributed by atoms with Crippen molar-refractivity contribution >= 4 is 0 Å². The summed E-state index contributed by atoms with van der Waals surface area (Å²) in [4.78, 5) is 4.15. The predicted octanol–water partition coefficient (Wildman–Crippen LogP) is 2.89. The highest BCUT2D eigenvalue weighted by molar-refractivity contribution is 5.32. The molecule has 0 spiro atoms. The van der Waals surface area contributed by atoms with Gasteiger partial charge in [0.1, 0.15) is 24.5 Å². The van der Waals surface area contributed by atoms with Crippen molar-refractivity contribution in [1.82, 2.24) is 14.8 Å². The Morgan fingerprint density at radius 1 is 1.39 bits per heavy atom. The number of nitrogens with zero attached hydrogens (tertiary/aromatic N) is 3. The number of rotatable bonds is 4. The minimum atomic E-state index is -0.259. The van der Waals surface area contributed by atoms with E-state index in [-0.39, 0.29) is 11.9 Å². The van der Waals surface area contributed by atoms with Crippen molar-refractivity contribution in [3.05, 3.63) is 41.7 Å². The Labute approximate surface area is 105 Å². The quantitative estimate of drug-likeness (QED) is 0.836. The molecular weight excluding hydrogens is 233 g/mol. The molecule has 0 radical (unpaired) electrons. The van der Waals surface area contributed by atoms with Crippen LogP contribution in [-0.4, -0.2) is 14.8 Å². The van der Waals surface area contributed by atoms with E-state index in [2.05, 4.69) is 10.1 Å². The first kappa shape index (κ1) is 12.5. The van der Waals surface area contributed by atoms with Crippen LogP contribution in [0.4, 0.5) is 4.39 Å². The van der Waals surface area contributed by atoms with Crippen LogP contribution in [0.1, 0.15) is 31.3 Å². The molecule has 0 aliphatic carbocycles. The molecule has 1 heterocycles. The number of benzene rings is 1. The summed E-state index contributed by atoms with van der Waals surface area (Å²) in [7, 11) is 0. The first-order valence-corrected chi connectivity index (χ1v) is 5.85. The summed E-state index contributed by atoms with van der Waals surface area (Å²) in [6, 6.07) is 4.69. The monoisotopic (exact) mass is 249 g/mol. The molecule has 0 unspecified atom stereocenters. The molecule has 0 saturated carbocycles. The van der Waals surface area contributed by atoms with E-state index in [0.29, 0.717) is 12.4 Å². The van der Waals surface area contributed by atoms with Gasteiger partial charge < -0.3 is 4.74 Å². The molecule has 0 bridgehead atoms. The summed E-state index contributed by atoms with van der Waals surface area (Å²) >= 11 is 0. The predicted molar refractivity (Wildman–Crippen MR) is 65.9 cm³/mol. The van der Waals surface area contributed by atoms with Crippen molar-refractivity contribution in [3.8, 4) is 5.75 Å². The van der Waals surface area contributed by atoms with Gasteiger partial charge in [0.25, 0.3) is 0 Å². The molecule has 0 amide bonds. The van der Waals surface area contributed by atoms with Crippen LogP contribution in [0.15, 0.2) is 24.5 Å². The highest BCUT2D eigenvalue weighted by atomic mass is 19.1. The lowest BCUT2D eigenvalue weighted by Crippen LogP contribution is -2.11. The smallest absolute Gasteiger partial charge is 0.165 e. The molecule has 4 nitrogen and oxygen atoms in total. The molecule has 0 saturated heterocycles. The Morgan fingerprint density at radius 2 is 2.17 bits per heavy atom. The fourth-order valence-electron chi connectivity index (χ4n) is 1.73. The maximum atomic E-state index is 12.9. The van der Waals surface area contributed by atoms with Crippen molar-refractivity contribution in [2.24, 2.45) is 0 Å². The van der Waals surface area contributed by atoms with Crippen LogP contribution in [0, 0.1) is 12.7 Å². The van der Waals surface area contributed by atoms with Gasteiger partial charge in [-0.2, -0.15) is 5.10 Å². The minimum Gasteiger partial charge on any atom is -0.485 e. The molecule has 18 heavy (non-hydrogen) atoms. The molecule has 96 valence electrons. The minimum absolute atomic E-state index is 0.236. The van der Waals surface area contributed by atoms with Gasteiger partial charge in [-0.15, -0.1) is 0 Å². The van der Waals surface area contributed by atoms with Gasteiger partial charge in [0, 0.05) is 6.04 Å². The van der Waals surface area contributed by atoms with E-state index >= 15 is 0 Å². The number of hydrogen-bond acceptors (Lipinski definition) is 3. The Morgan fingerprint density at radius 3 is 2.83 bits per heavy atom. The van der Waals surface area contributed by atoms with Crippen LogP contribution in [-0.2, 0) is 6.61 Å². The molecule has 0 fully saturated rings. The van der Waals surface area contributed by atoms with Gasteiger partial charge in [-0.1, -0.05) is 0 Å². The van der Waals surface area contributed by atoms with Crippen molar-refractivity contribution in [2.75, 3.05) is 0 Å². The van der Waals surface area contributed by atoms with Crippen molar-refractivity contribution in [1.29, 1.82) is 0 Å². The molecule has 2 aromatic rings. The fraction of sp³-hybridized carbons (Fsp3) is 0.385. The number of aryl methyl sites for hydroxylation is 1. The van der Waals surface area contributed by atoms with Crippen molar-refractivity contribution < 1.29 is 9.13 Å². The summed E-state index contributed by atoms with van der Waals surface area (Å²) in [5.41, 5.74) is 0.769. The molecule has 1 aromatic heterocycles. The average molecular weight is 249 g/mol. The third-order valence-corrected chi connectivity index (χ3v) is 2.63. The highest BCUT2D eigenvalue weighted by Gasteiger charge is 2.09. The Balaban J connectivity index is 2.09. The summed E-state index contributed by atoms with van der Waals surface area (Å²) in [5.74, 6) is 1.16. The van der Waals surface area contributed by atoms with Crippen LogP contribution in [0.25, 0.3) is 0 Å². The molecule has 0 aliphatic rings. The second kappa shape index (κ2) is 5.16. The van der Waals surface area contributed by atoms with Gasteiger partial charge in [0.2, 0.25) is 0 Å². The lowest BCUT2D eigenvalue weighted by atomic mass is 10.2. The number of ether oxygens (including phenoxy) is 1. The second-order valence-corrected chi connectivity index (χ2v) is 4.41. The zero-order valence-corrected chi connectivity index (χ0v) is 10.7. The zero-order chi connectivity index (χ0) is 13.1. The van der Waals surface area contributed by atoms with Crippen LogP contribution >= 0.6 is 0 Å². The molecule has 0 atom stereocenters. The molecular formula is C13H16FN3O. The summed E-state index contributed by atoms with van der Waals surface area (Å²) in [6.45, 7) is 6.19. The standard InChI is InChI=1S/C13H16FN3O/c1-9(2)17-13(15-8-16-17)7-18-12-5-4-11(14)6-10(12)3/h4-6,8-9H,7H2,1-3H3. The number of halogens is 1. The van der Waals surface area contributed by atoms with Crippen molar-refractivity contribution in [3.63, 3.8) is 0 Å². The van der Waals surface area contributed by atoms with E-state index < -0.39 is 0 Å². The molecule has 1 aromatic carbocycles. The van der Waals surface area contributed by atoms with E-state index in [1.807, 2.05) is 20.8 Å². The van der Waals surface area contributed by atoms with Crippen molar-refractivity contribution in [2.45, 2.75) is 33.4 Å². The van der Waals surface area contributed by atoms with Gasteiger partial charge in [-0.25, -0.2) is 14.1 Å². The maximum Gasteiger partial charge on any atom is 0.165 e. The molecule has 2 rings (SSSR count). The Hall–Kier alpha value is -1.91. The van der Waals surface area contributed by atoms with Gasteiger partial charge in [-0.05, 0) is 44.5 Å². The first-order valence-electron chi connectivity index (χ1n) is 5.85. The van der Waals surface area contributed by atoms with Crippen LogP contribution in [0.3, 0.4) is 0 Å². The van der Waals surface area contributed by atoms with Gasteiger partial charge >= 0.3 is 0 Å². The topological polar surface area (TPSA) is 39.9 Å². The molecule has 0 aliphatic heterocycles. The third kappa shape index (κ3) is 2.67. The van der Waals surface area contributed by atoms with Crippen LogP contribution in [0.5, 0.6) is 5.75 Å². The normalized spacial score (nSPS) is 10.9. The molecule has 0 N–H and O–H groups in total. The van der Waals surface area contributed by atoms with E-state index in [0.717, 1.165) is 11.4 Å². The summed E-state index contributed by atoms with van der Waals surface area (Å²) in [5, 5.41) is 4.13. The largest absolute Gasteiger partial charge is 0.485 e. The average Bonchev–Trinajstić information content (AvgIpc) is 2.76. The summed E-state index contributed by atoms with van der Waals surface area (Å²) in [6.07, 6.45) is 1.51. The van der Waals surface area contributed by atoms with E-state index in [4.69, 9.17) is 4.74 Å². The SMILES string of the molecule is Cc1cc(F)ccc1OCc1ncnn1C(C)C. The maximum absolute atomic E-state index is 12.9. The van der Waals surface area contributed by atoms with Gasteiger partial charge in [-0.3, -0.25) is 0 Å². The van der Waals surface area contributed by atoms with Gasteiger partial charge in [0.05, 0.1) is 0 Å². The lowest BCUT2D eigenvalue weighted by molar-refractivity contribution is 0.280. The lowest BCUT2D eigenvalue weighted by Gasteiger charge is -2.11. The first-order chi connectivity index (χ1) is 8.58. The van der Waals surface area contributed by atoms with Crippen LogP contribution in [0.2, 0.25) is 0 Å². The Kier molecular flexibility index (Phi) is 3.60. The second-order valence-electron chi connectivity index (χ2n) is 4.41. The van der Waals surface area contributed by atoms with E-state index in [1.54, 1.807) is 10.7 Å².